The average molecular weight is 365 g/mol. The molecule has 28 heavy (non-hydrogen) atoms. The van der Waals surface area contributed by atoms with E-state index in [1.54, 1.807) is 0 Å². The molecule has 4 rings (SSSR count). The molecule has 2 aliphatic carbocycles. The molecule has 0 aliphatic heterocycles. The molecule has 0 atom stereocenters. The van der Waals surface area contributed by atoms with Crippen molar-refractivity contribution in [3.8, 4) is 12.3 Å². The molecule has 2 aromatic rings. The second-order valence-corrected chi connectivity index (χ2v) is 8.56. The molecule has 2 aliphatic rings. The Kier molecular flexibility index (Phi) is 5.10. The number of terminal acetylenes is 1. The minimum absolute atomic E-state index is 0.609. The van der Waals surface area contributed by atoms with Crippen LogP contribution in [0.25, 0.3) is 11.1 Å². The third-order valence-corrected chi connectivity index (χ3v) is 5.86. The van der Waals surface area contributed by atoms with Gasteiger partial charge >= 0.3 is 0 Å². The third-order valence-electron chi connectivity index (χ3n) is 5.86. The first-order valence-corrected chi connectivity index (χ1v) is 10.3. The van der Waals surface area contributed by atoms with Crippen LogP contribution in [0.2, 0.25) is 0 Å². The van der Waals surface area contributed by atoms with E-state index >= 15 is 0 Å². The molecule has 0 fully saturated rings. The fraction of sp³-hybridized carbons (Fsp3) is 0.286. The number of allylic oxidation sites excluding steroid dienone is 5. The van der Waals surface area contributed by atoms with E-state index in [0.717, 1.165) is 37.7 Å². The van der Waals surface area contributed by atoms with Crippen LogP contribution in [0, 0.1) is 18.3 Å². The molecular weight excluding hydrogens is 336 g/mol. The highest BCUT2D eigenvalue weighted by Crippen LogP contribution is 2.35. The van der Waals surface area contributed by atoms with Crippen molar-refractivity contribution in [2.75, 3.05) is 0 Å². The van der Waals surface area contributed by atoms with E-state index in [4.69, 9.17) is 6.42 Å². The van der Waals surface area contributed by atoms with Gasteiger partial charge in [0.1, 0.15) is 0 Å². The summed E-state index contributed by atoms with van der Waals surface area (Å²) >= 11 is 0. The summed E-state index contributed by atoms with van der Waals surface area (Å²) < 4.78 is 0. The van der Waals surface area contributed by atoms with Gasteiger partial charge in [-0.25, -0.2) is 0 Å². The second kappa shape index (κ2) is 7.69. The molecule has 0 radical (unpaired) electrons. The van der Waals surface area contributed by atoms with Gasteiger partial charge in [-0.2, -0.15) is 0 Å². The fourth-order valence-electron chi connectivity index (χ4n) is 4.34. The van der Waals surface area contributed by atoms with Crippen LogP contribution in [0.15, 0.2) is 60.7 Å². The van der Waals surface area contributed by atoms with Gasteiger partial charge in [-0.05, 0) is 83.1 Å². The molecular formula is C28H28. The maximum Gasteiger partial charge on any atom is 0.0280 e. The maximum atomic E-state index is 5.80. The van der Waals surface area contributed by atoms with Crippen LogP contribution < -0.4 is 0 Å². The largest absolute Gasteiger partial charge is 0.115 e. The topological polar surface area (TPSA) is 0 Å². The highest BCUT2D eigenvalue weighted by Gasteiger charge is 2.16. The van der Waals surface area contributed by atoms with Gasteiger partial charge in [-0.3, -0.25) is 0 Å². The highest BCUT2D eigenvalue weighted by molar-refractivity contribution is 5.89. The normalized spacial score (nSPS) is 15.9. The molecule has 0 unspecified atom stereocenters. The Morgan fingerprint density at radius 2 is 1.86 bits per heavy atom. The summed E-state index contributed by atoms with van der Waals surface area (Å²) in [5.41, 5.74) is 11.9. The monoisotopic (exact) mass is 364 g/mol. The van der Waals surface area contributed by atoms with Gasteiger partial charge < -0.3 is 0 Å². The second-order valence-electron chi connectivity index (χ2n) is 8.56. The smallest absolute Gasteiger partial charge is 0.0280 e. The predicted molar refractivity (Wildman–Crippen MR) is 121 cm³/mol. The standard InChI is InChI=1S/C28H28/c1-5-21-16-25(10-8-22(21)14-19(2)3)26-12-13-28(18-26)27-11-9-23-15-20(4)6-7-24(23)17-27/h1,8-11,13,16-19H,4,6-7,12,14-15H2,2-3H3. The Hall–Kier alpha value is -2.78. The van der Waals surface area contributed by atoms with E-state index in [2.05, 4.69) is 74.9 Å². The van der Waals surface area contributed by atoms with Crippen LogP contribution in [-0.4, -0.2) is 0 Å². The number of rotatable bonds is 4. The molecule has 0 bridgehead atoms. The summed E-state index contributed by atoms with van der Waals surface area (Å²) in [7, 11) is 0. The average Bonchev–Trinajstić information content (AvgIpc) is 3.17. The summed E-state index contributed by atoms with van der Waals surface area (Å²) in [5, 5.41) is 0. The van der Waals surface area contributed by atoms with Gasteiger partial charge in [0.15, 0.2) is 0 Å². The van der Waals surface area contributed by atoms with Gasteiger partial charge in [-0.1, -0.05) is 74.4 Å². The molecule has 0 heterocycles. The molecule has 140 valence electrons. The SMILES string of the molecule is C#Cc1cc(C2=CC(c3ccc4c(c3)CCC(=C)C4)=CC2)ccc1CC(C)C. The Morgan fingerprint density at radius 1 is 1.04 bits per heavy atom. The minimum atomic E-state index is 0.609. The summed E-state index contributed by atoms with van der Waals surface area (Å²) in [6.07, 6.45) is 15.8. The van der Waals surface area contributed by atoms with Gasteiger partial charge in [0.25, 0.3) is 0 Å². The van der Waals surface area contributed by atoms with E-state index < -0.39 is 0 Å². The zero-order chi connectivity index (χ0) is 19.7. The highest BCUT2D eigenvalue weighted by atomic mass is 14.2. The Labute approximate surface area is 169 Å². The zero-order valence-corrected chi connectivity index (χ0v) is 17.0. The lowest BCUT2D eigenvalue weighted by Crippen LogP contribution is -2.05. The Bertz CT molecular complexity index is 1030. The van der Waals surface area contributed by atoms with Crippen LogP contribution >= 0.6 is 0 Å². The first-order valence-electron chi connectivity index (χ1n) is 10.3. The number of aryl methyl sites for hydroxylation is 1. The van der Waals surface area contributed by atoms with Crippen molar-refractivity contribution in [2.45, 2.75) is 46.0 Å². The molecule has 0 heteroatoms. The number of hydrogen-bond acceptors (Lipinski definition) is 0. The summed E-state index contributed by atoms with van der Waals surface area (Å²) in [6, 6.07) is 13.6. The van der Waals surface area contributed by atoms with Gasteiger partial charge in [-0.15, -0.1) is 6.42 Å². The lowest BCUT2D eigenvalue weighted by molar-refractivity contribution is 0.646. The lowest BCUT2D eigenvalue weighted by atomic mass is 9.87. The van der Waals surface area contributed by atoms with Crippen LogP contribution in [-0.2, 0) is 19.3 Å². The molecule has 0 saturated heterocycles. The first-order chi connectivity index (χ1) is 13.5. The van der Waals surface area contributed by atoms with Gasteiger partial charge in [0.05, 0.1) is 0 Å². The Morgan fingerprint density at radius 3 is 2.64 bits per heavy atom. The van der Waals surface area contributed by atoms with E-state index in [1.807, 2.05) is 0 Å². The van der Waals surface area contributed by atoms with Gasteiger partial charge in [0, 0.05) is 5.56 Å². The van der Waals surface area contributed by atoms with E-state index in [-0.39, 0.29) is 0 Å². The molecule has 0 aromatic heterocycles. The molecule has 0 nitrogen and oxygen atoms in total. The Balaban J connectivity index is 1.59. The van der Waals surface area contributed by atoms with E-state index in [9.17, 15) is 0 Å². The quantitative estimate of drug-likeness (QED) is 0.414. The van der Waals surface area contributed by atoms with E-state index in [1.165, 1.54) is 44.5 Å². The van der Waals surface area contributed by atoms with Crippen molar-refractivity contribution < 1.29 is 0 Å². The fourth-order valence-corrected chi connectivity index (χ4v) is 4.34. The molecule has 0 amide bonds. The van der Waals surface area contributed by atoms with Crippen molar-refractivity contribution in [1.82, 2.24) is 0 Å². The van der Waals surface area contributed by atoms with Gasteiger partial charge in [0.2, 0.25) is 0 Å². The van der Waals surface area contributed by atoms with Crippen molar-refractivity contribution >= 4 is 11.1 Å². The number of benzene rings is 2. The van der Waals surface area contributed by atoms with Crippen molar-refractivity contribution in [2.24, 2.45) is 5.92 Å². The minimum Gasteiger partial charge on any atom is -0.115 e. The molecule has 0 saturated carbocycles. The summed E-state index contributed by atoms with van der Waals surface area (Å²) in [6.45, 7) is 8.63. The predicted octanol–water partition coefficient (Wildman–Crippen LogP) is 6.78. The zero-order valence-electron chi connectivity index (χ0n) is 17.0. The van der Waals surface area contributed by atoms with Crippen LogP contribution in [0.1, 0.15) is 60.1 Å². The molecule has 0 N–H and O–H groups in total. The van der Waals surface area contributed by atoms with E-state index in [0.29, 0.717) is 5.92 Å². The lowest BCUT2D eigenvalue weighted by Gasteiger charge is -2.18. The summed E-state index contributed by atoms with van der Waals surface area (Å²) in [5.74, 6) is 3.50. The first kappa shape index (κ1) is 18.6. The summed E-state index contributed by atoms with van der Waals surface area (Å²) in [4.78, 5) is 0. The van der Waals surface area contributed by atoms with Crippen molar-refractivity contribution in [3.05, 3.63) is 94.1 Å². The molecule has 2 aromatic carbocycles. The number of hydrogen-bond donors (Lipinski definition) is 0. The molecule has 0 spiro atoms. The van der Waals surface area contributed by atoms with Crippen LogP contribution in [0.3, 0.4) is 0 Å². The number of fused-ring (bicyclic) bond motifs is 1. The third kappa shape index (κ3) is 3.76. The maximum absolute atomic E-state index is 5.80. The van der Waals surface area contributed by atoms with Crippen LogP contribution in [0.5, 0.6) is 0 Å². The van der Waals surface area contributed by atoms with Crippen molar-refractivity contribution in [1.29, 1.82) is 0 Å². The van der Waals surface area contributed by atoms with Crippen LogP contribution in [0.4, 0.5) is 0 Å². The van der Waals surface area contributed by atoms with Crippen molar-refractivity contribution in [3.63, 3.8) is 0 Å².